The molecule has 3 heterocycles. The van der Waals surface area contributed by atoms with Gasteiger partial charge in [-0.1, -0.05) is 58.5 Å². The summed E-state index contributed by atoms with van der Waals surface area (Å²) in [6.45, 7) is 14.4. The van der Waals surface area contributed by atoms with Gasteiger partial charge < -0.3 is 9.80 Å². The lowest BCUT2D eigenvalue weighted by molar-refractivity contribution is -0.126. The fraction of sp³-hybridized carbons (Fsp3) is 0.333. The van der Waals surface area contributed by atoms with Crippen LogP contribution in [0.25, 0.3) is 28.0 Å². The van der Waals surface area contributed by atoms with Gasteiger partial charge in [0.05, 0.1) is 16.6 Å². The molecule has 0 saturated carbocycles. The lowest BCUT2D eigenvalue weighted by atomic mass is 9.92. The van der Waals surface area contributed by atoms with Crippen molar-refractivity contribution in [2.75, 3.05) is 24.5 Å². The molecule has 0 N–H and O–H groups in total. The lowest BCUT2D eigenvalue weighted by Crippen LogP contribution is -2.54. The summed E-state index contributed by atoms with van der Waals surface area (Å²) in [6.07, 6.45) is 1.25. The smallest absolute Gasteiger partial charge is 0.350 e. The highest BCUT2D eigenvalue weighted by Crippen LogP contribution is 2.36. The van der Waals surface area contributed by atoms with Crippen LogP contribution in [0.2, 0.25) is 0 Å². The summed E-state index contributed by atoms with van der Waals surface area (Å²) in [5.74, 6) is -2.94. The summed E-state index contributed by atoms with van der Waals surface area (Å²) in [5, 5.41) is 0.209. The van der Waals surface area contributed by atoms with Crippen molar-refractivity contribution in [3.05, 3.63) is 94.2 Å². The molecule has 0 spiro atoms. The highest BCUT2D eigenvalue weighted by molar-refractivity contribution is 5.91. The van der Waals surface area contributed by atoms with Crippen molar-refractivity contribution in [1.29, 1.82) is 0 Å². The van der Waals surface area contributed by atoms with E-state index < -0.39 is 34.4 Å². The Hall–Kier alpha value is -4.47. The zero-order chi connectivity index (χ0) is 31.2. The Morgan fingerprint density at radius 2 is 1.56 bits per heavy atom. The second-order valence-electron chi connectivity index (χ2n) is 11.5. The third kappa shape index (κ3) is 5.30. The molecule has 0 unspecified atom stereocenters. The first-order valence-electron chi connectivity index (χ1n) is 14.3. The quantitative estimate of drug-likeness (QED) is 0.246. The maximum atomic E-state index is 15.9. The first kappa shape index (κ1) is 30.0. The van der Waals surface area contributed by atoms with E-state index in [4.69, 9.17) is 0 Å². The fourth-order valence-electron chi connectivity index (χ4n) is 5.80. The summed E-state index contributed by atoms with van der Waals surface area (Å²) in [6, 6.07) is 9.86. The van der Waals surface area contributed by atoms with Crippen LogP contribution in [0.1, 0.15) is 57.6 Å². The first-order chi connectivity index (χ1) is 20.4. The summed E-state index contributed by atoms with van der Waals surface area (Å²) in [7, 11) is 0. The molecule has 10 heteroatoms. The molecule has 2 aromatic carbocycles. The normalized spacial score (nSPS) is 15.5. The number of hydrogen-bond donors (Lipinski definition) is 0. The number of amides is 1. The minimum absolute atomic E-state index is 0.00486. The number of halogens is 3. The van der Waals surface area contributed by atoms with Gasteiger partial charge in [0, 0.05) is 25.7 Å². The molecule has 7 nitrogen and oxygen atoms in total. The first-order valence-corrected chi connectivity index (χ1v) is 14.3. The van der Waals surface area contributed by atoms with Crippen LogP contribution in [0, 0.1) is 17.5 Å². The Morgan fingerprint density at radius 1 is 0.953 bits per heavy atom. The van der Waals surface area contributed by atoms with E-state index in [1.807, 2.05) is 57.7 Å². The molecule has 4 aromatic rings. The number of hydrogen-bond acceptors (Lipinski definition) is 5. The van der Waals surface area contributed by atoms with Crippen LogP contribution in [-0.2, 0) is 4.79 Å². The van der Waals surface area contributed by atoms with Gasteiger partial charge in [-0.05, 0) is 54.2 Å². The topological polar surface area (TPSA) is 71.3 Å². The van der Waals surface area contributed by atoms with Crippen molar-refractivity contribution in [2.45, 2.75) is 52.5 Å². The molecule has 1 aliphatic rings. The van der Waals surface area contributed by atoms with E-state index in [2.05, 4.69) is 16.5 Å². The summed E-state index contributed by atoms with van der Waals surface area (Å²) < 4.78 is 47.1. The average molecular weight is 590 g/mol. The third-order valence-corrected chi connectivity index (χ3v) is 7.95. The molecule has 2 aromatic heterocycles. The highest BCUT2D eigenvalue weighted by Gasteiger charge is 2.31. The van der Waals surface area contributed by atoms with E-state index in [9.17, 15) is 18.4 Å². The SMILES string of the molecule is C=CC(=O)N1CCN(c2nc(=O)n(-c3c(C(C)C)cccc3C(C)C)c3nc(-c4c(F)cccc4F)c(F)cc23)[C@@H](C)C1. The average Bonchev–Trinajstić information content (AvgIpc) is 2.96. The molecule has 43 heavy (non-hydrogen) atoms. The molecule has 1 fully saturated rings. The van der Waals surface area contributed by atoms with E-state index in [1.54, 1.807) is 4.90 Å². The van der Waals surface area contributed by atoms with Gasteiger partial charge in [-0.15, -0.1) is 0 Å². The molecule has 0 aliphatic carbocycles. The zero-order valence-electron chi connectivity index (χ0n) is 24.9. The molecule has 1 atom stereocenters. The van der Waals surface area contributed by atoms with Crippen LogP contribution in [0.15, 0.2) is 59.9 Å². The Bertz CT molecular complexity index is 1750. The van der Waals surface area contributed by atoms with Gasteiger partial charge in [0.1, 0.15) is 23.1 Å². The van der Waals surface area contributed by atoms with Gasteiger partial charge in [-0.2, -0.15) is 4.98 Å². The number of benzene rings is 2. The second-order valence-corrected chi connectivity index (χ2v) is 11.5. The molecule has 0 radical (unpaired) electrons. The molecule has 1 aliphatic heterocycles. The number of anilines is 1. The number of fused-ring (bicyclic) bond motifs is 1. The number of nitrogens with zero attached hydrogens (tertiary/aromatic N) is 5. The molecule has 1 saturated heterocycles. The van der Waals surface area contributed by atoms with Gasteiger partial charge >= 0.3 is 5.69 Å². The Kier molecular flexibility index (Phi) is 8.14. The molecular formula is C33H34F3N5O2. The second kappa shape index (κ2) is 11.7. The number of carbonyl (C=O) groups excluding carboxylic acids is 1. The van der Waals surface area contributed by atoms with Crippen LogP contribution >= 0.6 is 0 Å². The van der Waals surface area contributed by atoms with Crippen LogP contribution in [0.4, 0.5) is 19.0 Å². The van der Waals surface area contributed by atoms with Gasteiger partial charge in [-0.3, -0.25) is 4.79 Å². The predicted octanol–water partition coefficient (Wildman–Crippen LogP) is 6.33. The fourth-order valence-corrected chi connectivity index (χ4v) is 5.80. The minimum Gasteiger partial charge on any atom is -0.350 e. The number of para-hydroxylation sites is 1. The largest absolute Gasteiger partial charge is 0.355 e. The lowest BCUT2D eigenvalue weighted by Gasteiger charge is -2.40. The standard InChI is InChI=1S/C33H34F3N5O2/c1-7-27(42)39-14-15-40(20(6)17-39)31-23-16-26(36)29(28-24(34)12-9-13-25(28)35)37-32(23)41(33(43)38-31)30-21(18(2)3)10-8-11-22(30)19(4)5/h7-13,16,18-20H,1,14-15,17H2,2-6H3/t20-/m0/s1. The number of rotatable bonds is 6. The van der Waals surface area contributed by atoms with Crippen LogP contribution < -0.4 is 10.6 Å². The number of pyridine rings is 1. The van der Waals surface area contributed by atoms with Gasteiger partial charge in [0.25, 0.3) is 0 Å². The monoisotopic (exact) mass is 589 g/mol. The van der Waals surface area contributed by atoms with E-state index in [-0.39, 0.29) is 40.6 Å². The number of aromatic nitrogens is 3. The van der Waals surface area contributed by atoms with Crippen LogP contribution in [0.3, 0.4) is 0 Å². The predicted molar refractivity (Wildman–Crippen MR) is 162 cm³/mol. The zero-order valence-corrected chi connectivity index (χ0v) is 24.9. The van der Waals surface area contributed by atoms with Gasteiger partial charge in [0.15, 0.2) is 11.5 Å². The Balaban J connectivity index is 1.86. The maximum absolute atomic E-state index is 15.9. The molecule has 0 bridgehead atoms. The minimum atomic E-state index is -0.976. The van der Waals surface area contributed by atoms with Crippen molar-refractivity contribution < 1.29 is 18.0 Å². The summed E-state index contributed by atoms with van der Waals surface area (Å²) in [5.41, 5.74) is 0.461. The van der Waals surface area contributed by atoms with E-state index >= 15 is 4.39 Å². The summed E-state index contributed by atoms with van der Waals surface area (Å²) >= 11 is 0. The molecule has 224 valence electrons. The van der Waals surface area contributed by atoms with Gasteiger partial charge in [0.2, 0.25) is 5.91 Å². The molecular weight excluding hydrogens is 555 g/mol. The van der Waals surface area contributed by atoms with Crippen molar-refractivity contribution in [3.63, 3.8) is 0 Å². The highest BCUT2D eigenvalue weighted by atomic mass is 19.1. The third-order valence-electron chi connectivity index (χ3n) is 7.95. The van der Waals surface area contributed by atoms with Crippen molar-refractivity contribution in [2.24, 2.45) is 0 Å². The van der Waals surface area contributed by atoms with Crippen LogP contribution in [-0.4, -0.2) is 51.0 Å². The maximum Gasteiger partial charge on any atom is 0.355 e. The van der Waals surface area contributed by atoms with Gasteiger partial charge in [-0.25, -0.2) is 27.5 Å². The van der Waals surface area contributed by atoms with E-state index in [0.29, 0.717) is 25.3 Å². The number of carbonyl (C=O) groups is 1. The van der Waals surface area contributed by atoms with Crippen molar-refractivity contribution in [3.8, 4) is 16.9 Å². The summed E-state index contributed by atoms with van der Waals surface area (Å²) in [4.78, 5) is 38.8. The molecule has 5 rings (SSSR count). The van der Waals surface area contributed by atoms with Crippen LogP contribution in [0.5, 0.6) is 0 Å². The number of piperazine rings is 1. The van der Waals surface area contributed by atoms with E-state index in [1.165, 1.54) is 16.7 Å². The molecule has 1 amide bonds. The Labute approximate surface area is 248 Å². The Morgan fingerprint density at radius 3 is 2.12 bits per heavy atom. The van der Waals surface area contributed by atoms with Crippen molar-refractivity contribution in [1.82, 2.24) is 19.4 Å². The van der Waals surface area contributed by atoms with Crippen molar-refractivity contribution >= 4 is 22.8 Å². The van der Waals surface area contributed by atoms with E-state index in [0.717, 1.165) is 29.3 Å².